The zero-order valence-electron chi connectivity index (χ0n) is 20.4. The molecular formula is C24H43N4+. The predicted octanol–water partition coefficient (Wildman–Crippen LogP) is 5.73. The fourth-order valence-electron chi connectivity index (χ4n) is 4.08. The van der Waals surface area contributed by atoms with Crippen molar-refractivity contribution < 1.29 is 4.58 Å². The molecule has 0 aromatic carbocycles. The van der Waals surface area contributed by atoms with Crippen LogP contribution in [0.15, 0.2) is 21.9 Å². The minimum atomic E-state index is -0.0175. The summed E-state index contributed by atoms with van der Waals surface area (Å²) in [5.41, 5.74) is 1.54. The van der Waals surface area contributed by atoms with Gasteiger partial charge in [-0.1, -0.05) is 46.5 Å². The van der Waals surface area contributed by atoms with Gasteiger partial charge >= 0.3 is 5.84 Å². The molecular weight excluding hydrogens is 344 g/mol. The van der Waals surface area contributed by atoms with E-state index in [0.29, 0.717) is 6.04 Å². The van der Waals surface area contributed by atoms with Gasteiger partial charge in [-0.2, -0.15) is 0 Å². The first-order chi connectivity index (χ1) is 12.4. The second-order valence-electron chi connectivity index (χ2n) is 12.7. The second-order valence-corrected chi connectivity index (χ2v) is 12.7. The summed E-state index contributed by atoms with van der Waals surface area (Å²) in [4.78, 5) is 12.1. The van der Waals surface area contributed by atoms with E-state index in [1.807, 2.05) is 6.21 Å². The first-order valence-corrected chi connectivity index (χ1v) is 10.7. The molecule has 0 saturated heterocycles. The highest BCUT2D eigenvalue weighted by Crippen LogP contribution is 2.40. The maximum Gasteiger partial charge on any atom is 0.305 e. The van der Waals surface area contributed by atoms with E-state index in [2.05, 4.69) is 105 Å². The molecule has 2 rings (SSSR count). The van der Waals surface area contributed by atoms with Crippen molar-refractivity contribution in [1.82, 2.24) is 4.90 Å². The van der Waals surface area contributed by atoms with Gasteiger partial charge in [0.2, 0.25) is 0 Å². The summed E-state index contributed by atoms with van der Waals surface area (Å²) in [6.07, 6.45) is 7.41. The fourth-order valence-corrected chi connectivity index (χ4v) is 4.08. The fraction of sp³-hybridized carbons (Fsp3) is 0.792. The van der Waals surface area contributed by atoms with E-state index in [4.69, 9.17) is 9.98 Å². The molecule has 0 spiro atoms. The van der Waals surface area contributed by atoms with Crippen LogP contribution in [0.3, 0.4) is 0 Å². The normalized spacial score (nSPS) is 21.7. The van der Waals surface area contributed by atoms with Gasteiger partial charge in [0.05, 0.1) is 17.3 Å². The van der Waals surface area contributed by atoms with Crippen LogP contribution in [0.1, 0.15) is 89.5 Å². The summed E-state index contributed by atoms with van der Waals surface area (Å²) < 4.78 is 2.25. The Morgan fingerprint density at radius 3 is 1.96 bits per heavy atom. The van der Waals surface area contributed by atoms with Crippen LogP contribution in [-0.4, -0.2) is 45.5 Å². The molecule has 158 valence electrons. The van der Waals surface area contributed by atoms with Crippen molar-refractivity contribution in [3.63, 3.8) is 0 Å². The van der Waals surface area contributed by atoms with Gasteiger partial charge in [0, 0.05) is 11.6 Å². The summed E-state index contributed by atoms with van der Waals surface area (Å²) in [7, 11) is 0. The Kier molecular flexibility index (Phi) is 5.80. The van der Waals surface area contributed by atoms with Gasteiger partial charge in [-0.05, 0) is 58.8 Å². The first kappa shape index (κ1) is 22.8. The Morgan fingerprint density at radius 2 is 1.54 bits per heavy atom. The van der Waals surface area contributed by atoms with Crippen molar-refractivity contribution in [2.45, 2.75) is 107 Å². The first-order valence-electron chi connectivity index (χ1n) is 10.7. The number of fused-ring (bicyclic) bond motifs is 1. The number of nitrogens with zero attached hydrogens (tertiary/aromatic N) is 4. The number of aliphatic imine (C=N–C) groups is 2. The van der Waals surface area contributed by atoms with Gasteiger partial charge in [0.1, 0.15) is 6.20 Å². The molecule has 0 amide bonds. The van der Waals surface area contributed by atoms with Crippen molar-refractivity contribution in [2.75, 3.05) is 0 Å². The molecule has 4 heteroatoms. The number of rotatable bonds is 3. The lowest BCUT2D eigenvalue weighted by atomic mass is 9.74. The maximum absolute atomic E-state index is 4.85. The monoisotopic (exact) mass is 387 g/mol. The molecule has 28 heavy (non-hydrogen) atoms. The van der Waals surface area contributed by atoms with E-state index in [0.717, 1.165) is 12.3 Å². The molecule has 2 unspecified atom stereocenters. The topological polar surface area (TPSA) is 31.0 Å². The third kappa shape index (κ3) is 5.12. The highest BCUT2D eigenvalue weighted by Gasteiger charge is 2.43. The summed E-state index contributed by atoms with van der Waals surface area (Å²) >= 11 is 0. The van der Waals surface area contributed by atoms with E-state index in [9.17, 15) is 0 Å². The Balaban J connectivity index is 2.59. The molecule has 0 aromatic heterocycles. The maximum atomic E-state index is 4.85. The molecule has 0 N–H and O–H groups in total. The Morgan fingerprint density at radius 1 is 0.964 bits per heavy atom. The molecule has 0 saturated carbocycles. The van der Waals surface area contributed by atoms with Gasteiger partial charge in [0.15, 0.2) is 6.21 Å². The standard InChI is InChI=1S/C24H43N4/c1-21(2,3)13-18(22(4,5)6)28(24(10,11)12)17-14-25-19-15-26-20(23(7,8)9)27(19)16-17/h14-16,18-19H,13H2,1-12H3/q+1. The van der Waals surface area contributed by atoms with Crippen molar-refractivity contribution in [3.05, 3.63) is 11.9 Å². The van der Waals surface area contributed by atoms with Crippen molar-refractivity contribution in [2.24, 2.45) is 26.2 Å². The van der Waals surface area contributed by atoms with E-state index in [1.54, 1.807) is 0 Å². The average Bonchev–Trinajstić information content (AvgIpc) is 2.85. The van der Waals surface area contributed by atoms with Crippen molar-refractivity contribution in [3.8, 4) is 0 Å². The van der Waals surface area contributed by atoms with Crippen LogP contribution in [0.5, 0.6) is 0 Å². The summed E-state index contributed by atoms with van der Waals surface area (Å²) in [6.45, 7) is 27.7. The minimum Gasteiger partial charge on any atom is -0.359 e. The highest BCUT2D eigenvalue weighted by molar-refractivity contribution is 5.95. The van der Waals surface area contributed by atoms with Crippen LogP contribution in [0.4, 0.5) is 0 Å². The predicted molar refractivity (Wildman–Crippen MR) is 122 cm³/mol. The van der Waals surface area contributed by atoms with Gasteiger partial charge < -0.3 is 4.90 Å². The summed E-state index contributed by atoms with van der Waals surface area (Å²) in [5.74, 6) is 1.09. The lowest BCUT2D eigenvalue weighted by molar-refractivity contribution is -0.480. The van der Waals surface area contributed by atoms with Crippen LogP contribution in [0.25, 0.3) is 0 Å². The third-order valence-electron chi connectivity index (χ3n) is 5.28. The van der Waals surface area contributed by atoms with E-state index < -0.39 is 0 Å². The average molecular weight is 388 g/mol. The third-order valence-corrected chi connectivity index (χ3v) is 5.28. The Labute approximate surface area is 173 Å². The van der Waals surface area contributed by atoms with Crippen LogP contribution in [0.2, 0.25) is 0 Å². The van der Waals surface area contributed by atoms with Gasteiger partial charge in [-0.15, -0.1) is 0 Å². The number of allylic oxidation sites excluding steroid dienone is 1. The molecule has 2 aliphatic heterocycles. The van der Waals surface area contributed by atoms with Gasteiger partial charge in [0.25, 0.3) is 6.17 Å². The molecule has 2 heterocycles. The molecule has 0 bridgehead atoms. The van der Waals surface area contributed by atoms with Crippen LogP contribution in [-0.2, 0) is 0 Å². The highest BCUT2D eigenvalue weighted by atomic mass is 15.3. The molecule has 0 aromatic rings. The molecule has 0 fully saturated rings. The largest absolute Gasteiger partial charge is 0.359 e. The molecule has 2 atom stereocenters. The van der Waals surface area contributed by atoms with Gasteiger partial charge in [-0.25, -0.2) is 9.57 Å². The zero-order chi connectivity index (χ0) is 21.7. The van der Waals surface area contributed by atoms with E-state index in [-0.39, 0.29) is 27.9 Å². The number of hydrogen-bond acceptors (Lipinski definition) is 3. The van der Waals surface area contributed by atoms with Crippen molar-refractivity contribution >= 4 is 18.3 Å². The molecule has 0 radical (unpaired) electrons. The smallest absolute Gasteiger partial charge is 0.305 e. The second kappa shape index (κ2) is 7.11. The van der Waals surface area contributed by atoms with Gasteiger partial charge in [-0.3, -0.25) is 0 Å². The molecule has 0 aliphatic carbocycles. The summed E-state index contributed by atoms with van der Waals surface area (Å²) in [6, 6.07) is 0.392. The Bertz CT molecular complexity index is 710. The quantitative estimate of drug-likeness (QED) is 0.569. The van der Waals surface area contributed by atoms with E-state index in [1.165, 1.54) is 5.70 Å². The SMILES string of the molecule is CC(C)(C)CC(N(C1=C[N+]2=C(C(C)(C)C)N=CC2N=C1)C(C)(C)C)C(C)(C)C. The van der Waals surface area contributed by atoms with Crippen molar-refractivity contribution in [1.29, 1.82) is 0 Å². The molecule has 2 aliphatic rings. The summed E-state index contributed by atoms with van der Waals surface area (Å²) in [5, 5.41) is 0. The number of amidine groups is 1. The lowest BCUT2D eigenvalue weighted by Crippen LogP contribution is -2.54. The van der Waals surface area contributed by atoms with Crippen LogP contribution >= 0.6 is 0 Å². The number of hydrogen-bond donors (Lipinski definition) is 0. The zero-order valence-corrected chi connectivity index (χ0v) is 20.4. The van der Waals surface area contributed by atoms with Crippen LogP contribution in [0, 0.1) is 16.2 Å². The molecule has 4 nitrogen and oxygen atoms in total. The minimum absolute atomic E-state index is 0.00417. The van der Waals surface area contributed by atoms with Crippen LogP contribution < -0.4 is 0 Å². The Hall–Kier alpha value is -1.45. The lowest BCUT2D eigenvalue weighted by Gasteiger charge is -2.51. The van der Waals surface area contributed by atoms with E-state index >= 15 is 0 Å².